The summed E-state index contributed by atoms with van der Waals surface area (Å²) in [6.07, 6.45) is 0.689. The van der Waals surface area contributed by atoms with Crippen molar-refractivity contribution >= 4 is 15.9 Å². The summed E-state index contributed by atoms with van der Waals surface area (Å²) < 4.78 is 6.40. The number of benzene rings is 1. The van der Waals surface area contributed by atoms with Crippen molar-refractivity contribution in [3.8, 4) is 5.75 Å². The highest BCUT2D eigenvalue weighted by molar-refractivity contribution is 9.10. The fourth-order valence-corrected chi connectivity index (χ4v) is 2.61. The van der Waals surface area contributed by atoms with Crippen molar-refractivity contribution in [3.05, 3.63) is 51.3 Å². The van der Waals surface area contributed by atoms with Crippen LogP contribution in [0.1, 0.15) is 28.6 Å². The molecule has 0 aliphatic heterocycles. The Labute approximate surface area is 127 Å². The number of aromatic nitrogens is 2. The Morgan fingerprint density at radius 2 is 2.00 bits per heavy atom. The third kappa shape index (κ3) is 3.35. The quantitative estimate of drug-likeness (QED) is 0.932. The number of nitrogens with zero attached hydrogens (tertiary/aromatic N) is 2. The lowest BCUT2D eigenvalue weighted by atomic mass is 9.98. The van der Waals surface area contributed by atoms with Crippen LogP contribution in [0.4, 0.5) is 0 Å². The zero-order valence-electron chi connectivity index (χ0n) is 11.9. The minimum Gasteiger partial charge on any atom is -0.496 e. The number of hydrogen-bond donors (Lipinski definition) is 1. The van der Waals surface area contributed by atoms with E-state index < -0.39 is 0 Å². The molecular formula is C15H18BrN3O. The number of methoxy groups -OCH3 is 1. The van der Waals surface area contributed by atoms with Crippen molar-refractivity contribution in [2.75, 3.05) is 7.11 Å². The third-order valence-electron chi connectivity index (χ3n) is 3.22. The zero-order chi connectivity index (χ0) is 14.7. The van der Waals surface area contributed by atoms with Crippen LogP contribution in [-0.4, -0.2) is 17.3 Å². The van der Waals surface area contributed by atoms with Gasteiger partial charge in [-0.15, -0.1) is 0 Å². The summed E-state index contributed by atoms with van der Waals surface area (Å²) >= 11 is 3.48. The van der Waals surface area contributed by atoms with Gasteiger partial charge >= 0.3 is 0 Å². The molecule has 0 saturated carbocycles. The van der Waals surface area contributed by atoms with Gasteiger partial charge < -0.3 is 10.5 Å². The molecule has 1 atom stereocenters. The number of ether oxygens (including phenoxy) is 1. The maximum absolute atomic E-state index is 6.33. The Balaban J connectivity index is 2.29. The standard InChI is InChI=1S/C15H18BrN3O/c1-9-6-13(10(2)19-18-9)14(17)8-11-7-12(16)4-5-15(11)20-3/h4-7,14H,8,17H2,1-3H3. The Hall–Kier alpha value is -1.46. The van der Waals surface area contributed by atoms with Gasteiger partial charge in [0.05, 0.1) is 18.5 Å². The maximum atomic E-state index is 6.33. The first-order chi connectivity index (χ1) is 9.51. The van der Waals surface area contributed by atoms with Crippen LogP contribution in [0.5, 0.6) is 5.75 Å². The third-order valence-corrected chi connectivity index (χ3v) is 3.71. The van der Waals surface area contributed by atoms with E-state index in [1.807, 2.05) is 38.1 Å². The minimum atomic E-state index is -0.132. The van der Waals surface area contributed by atoms with E-state index in [4.69, 9.17) is 10.5 Å². The van der Waals surface area contributed by atoms with Gasteiger partial charge in [-0.3, -0.25) is 0 Å². The number of nitrogens with two attached hydrogens (primary N) is 1. The van der Waals surface area contributed by atoms with Gasteiger partial charge in [0.15, 0.2) is 0 Å². The van der Waals surface area contributed by atoms with Crippen molar-refractivity contribution in [3.63, 3.8) is 0 Å². The Kier molecular flexibility index (Phi) is 4.73. The van der Waals surface area contributed by atoms with Crippen LogP contribution in [-0.2, 0) is 6.42 Å². The van der Waals surface area contributed by atoms with E-state index in [2.05, 4.69) is 26.1 Å². The smallest absolute Gasteiger partial charge is 0.122 e. The largest absolute Gasteiger partial charge is 0.496 e. The summed E-state index contributed by atoms with van der Waals surface area (Å²) in [7, 11) is 1.67. The predicted octanol–water partition coefficient (Wildman–Crippen LogP) is 3.11. The van der Waals surface area contributed by atoms with Crippen LogP contribution >= 0.6 is 15.9 Å². The van der Waals surface area contributed by atoms with E-state index in [1.54, 1.807) is 7.11 Å². The van der Waals surface area contributed by atoms with Gasteiger partial charge in [-0.25, -0.2) is 0 Å². The molecule has 2 rings (SSSR count). The van der Waals surface area contributed by atoms with Crippen molar-refractivity contribution in [2.24, 2.45) is 5.73 Å². The molecule has 1 aromatic carbocycles. The first-order valence-electron chi connectivity index (χ1n) is 6.40. The lowest BCUT2D eigenvalue weighted by Gasteiger charge is -2.16. The van der Waals surface area contributed by atoms with Gasteiger partial charge in [0.2, 0.25) is 0 Å². The summed E-state index contributed by atoms with van der Waals surface area (Å²) in [6, 6.07) is 7.80. The summed E-state index contributed by atoms with van der Waals surface area (Å²) in [5.74, 6) is 0.847. The van der Waals surface area contributed by atoms with Crippen LogP contribution < -0.4 is 10.5 Å². The Morgan fingerprint density at radius 1 is 1.25 bits per heavy atom. The summed E-state index contributed by atoms with van der Waals surface area (Å²) in [5, 5.41) is 8.17. The number of halogens is 1. The van der Waals surface area contributed by atoms with E-state index in [0.29, 0.717) is 6.42 Å². The van der Waals surface area contributed by atoms with Gasteiger partial charge in [0.25, 0.3) is 0 Å². The summed E-state index contributed by atoms with van der Waals surface area (Å²) in [6.45, 7) is 3.85. The topological polar surface area (TPSA) is 61.0 Å². The molecule has 20 heavy (non-hydrogen) atoms. The molecule has 0 fully saturated rings. The van der Waals surface area contributed by atoms with E-state index in [0.717, 1.165) is 32.7 Å². The van der Waals surface area contributed by atoms with Crippen molar-refractivity contribution in [2.45, 2.75) is 26.3 Å². The minimum absolute atomic E-state index is 0.132. The predicted molar refractivity (Wildman–Crippen MR) is 82.8 cm³/mol. The number of rotatable bonds is 4. The lowest BCUT2D eigenvalue weighted by Crippen LogP contribution is -2.16. The molecule has 5 heteroatoms. The highest BCUT2D eigenvalue weighted by Gasteiger charge is 2.14. The first kappa shape index (κ1) is 14.9. The lowest BCUT2D eigenvalue weighted by molar-refractivity contribution is 0.408. The second-order valence-corrected chi connectivity index (χ2v) is 5.71. The molecule has 0 bridgehead atoms. The molecule has 1 unspecified atom stereocenters. The van der Waals surface area contributed by atoms with Crippen LogP contribution in [0, 0.1) is 13.8 Å². The van der Waals surface area contributed by atoms with Crippen LogP contribution in [0.25, 0.3) is 0 Å². The van der Waals surface area contributed by atoms with Gasteiger partial charge in [0.1, 0.15) is 5.75 Å². The van der Waals surface area contributed by atoms with Crippen molar-refractivity contribution in [1.29, 1.82) is 0 Å². The zero-order valence-corrected chi connectivity index (χ0v) is 13.4. The fraction of sp³-hybridized carbons (Fsp3) is 0.333. The number of hydrogen-bond acceptors (Lipinski definition) is 4. The average Bonchev–Trinajstić information content (AvgIpc) is 2.41. The molecule has 0 radical (unpaired) electrons. The molecule has 0 aliphatic carbocycles. The molecule has 4 nitrogen and oxygen atoms in total. The number of aryl methyl sites for hydroxylation is 2. The highest BCUT2D eigenvalue weighted by atomic mass is 79.9. The summed E-state index contributed by atoms with van der Waals surface area (Å²) in [4.78, 5) is 0. The molecule has 0 amide bonds. The monoisotopic (exact) mass is 335 g/mol. The van der Waals surface area contributed by atoms with Gasteiger partial charge in [-0.2, -0.15) is 10.2 Å². The second-order valence-electron chi connectivity index (χ2n) is 4.79. The average molecular weight is 336 g/mol. The van der Waals surface area contributed by atoms with E-state index in [1.165, 1.54) is 0 Å². The van der Waals surface area contributed by atoms with E-state index in [-0.39, 0.29) is 6.04 Å². The molecule has 1 heterocycles. The molecule has 0 saturated heterocycles. The Bertz CT molecular complexity index is 616. The molecule has 0 aliphatic rings. The highest BCUT2D eigenvalue weighted by Crippen LogP contribution is 2.27. The normalized spacial score (nSPS) is 12.2. The Morgan fingerprint density at radius 3 is 2.70 bits per heavy atom. The van der Waals surface area contributed by atoms with Crippen LogP contribution in [0.3, 0.4) is 0 Å². The molecule has 0 spiro atoms. The SMILES string of the molecule is COc1ccc(Br)cc1CC(N)c1cc(C)nnc1C. The van der Waals surface area contributed by atoms with Crippen molar-refractivity contribution in [1.82, 2.24) is 10.2 Å². The van der Waals surface area contributed by atoms with Gasteiger partial charge in [-0.05, 0) is 55.7 Å². The van der Waals surface area contributed by atoms with E-state index in [9.17, 15) is 0 Å². The van der Waals surface area contributed by atoms with Gasteiger partial charge in [-0.1, -0.05) is 15.9 Å². The molecule has 2 N–H and O–H groups in total. The van der Waals surface area contributed by atoms with Crippen molar-refractivity contribution < 1.29 is 4.74 Å². The fourth-order valence-electron chi connectivity index (χ4n) is 2.20. The van der Waals surface area contributed by atoms with E-state index >= 15 is 0 Å². The molecule has 2 aromatic rings. The first-order valence-corrected chi connectivity index (χ1v) is 7.19. The van der Waals surface area contributed by atoms with Crippen LogP contribution in [0.2, 0.25) is 0 Å². The molecule has 1 aromatic heterocycles. The summed E-state index contributed by atoms with van der Waals surface area (Å²) in [5.41, 5.74) is 10.2. The maximum Gasteiger partial charge on any atom is 0.122 e. The van der Waals surface area contributed by atoms with Crippen LogP contribution in [0.15, 0.2) is 28.7 Å². The second kappa shape index (κ2) is 6.33. The molecular weight excluding hydrogens is 318 g/mol. The van der Waals surface area contributed by atoms with Gasteiger partial charge in [0, 0.05) is 10.5 Å². The molecule has 106 valence electrons.